The molecule has 1 amide bonds. The molecular weight excluding hydrogens is 589 g/mol. The molecule has 3 aliphatic rings. The molecule has 6 heterocycles. The highest BCUT2D eigenvalue weighted by molar-refractivity contribution is 5.98. The number of aromatic nitrogens is 5. The van der Waals surface area contributed by atoms with Gasteiger partial charge in [0.2, 0.25) is 0 Å². The van der Waals surface area contributed by atoms with Crippen molar-refractivity contribution >= 4 is 33.7 Å². The number of carbonyl (C=O) groups is 1. The highest BCUT2D eigenvalue weighted by Gasteiger charge is 2.60. The first-order valence-corrected chi connectivity index (χ1v) is 15.2. The van der Waals surface area contributed by atoms with Gasteiger partial charge in [-0.3, -0.25) is 15.0 Å². The van der Waals surface area contributed by atoms with E-state index >= 15 is 4.39 Å². The van der Waals surface area contributed by atoms with Gasteiger partial charge >= 0.3 is 12.1 Å². The summed E-state index contributed by atoms with van der Waals surface area (Å²) in [5, 5.41) is 11.1. The van der Waals surface area contributed by atoms with Crippen molar-refractivity contribution in [2.45, 2.75) is 63.5 Å². The number of H-pyrrole nitrogens is 1. The Labute approximate surface area is 257 Å². The molecular formula is C31H35F3N8O3. The van der Waals surface area contributed by atoms with Gasteiger partial charge in [-0.05, 0) is 57.7 Å². The van der Waals surface area contributed by atoms with Gasteiger partial charge in [0.15, 0.2) is 5.82 Å². The second-order valence-corrected chi connectivity index (χ2v) is 12.8. The fourth-order valence-electron chi connectivity index (χ4n) is 7.11. The second-order valence-electron chi connectivity index (χ2n) is 12.8. The number of rotatable bonds is 7. The molecule has 2 atom stereocenters. The van der Waals surface area contributed by atoms with Crippen LogP contribution in [0.15, 0.2) is 24.5 Å². The number of aryl methyl sites for hydroxylation is 1. The van der Waals surface area contributed by atoms with Gasteiger partial charge in [-0.25, -0.2) is 18.0 Å². The molecule has 45 heavy (non-hydrogen) atoms. The smallest absolute Gasteiger partial charge is 0.407 e. The second kappa shape index (κ2) is 10.7. The summed E-state index contributed by atoms with van der Waals surface area (Å²) >= 11 is 0. The molecule has 0 radical (unpaired) electrons. The quantitative estimate of drug-likeness (QED) is 0.293. The number of ether oxygens (including phenoxy) is 2. The lowest BCUT2D eigenvalue weighted by molar-refractivity contribution is -0.0132. The van der Waals surface area contributed by atoms with Crippen LogP contribution in [0.3, 0.4) is 0 Å². The first-order valence-electron chi connectivity index (χ1n) is 15.2. The topological polar surface area (TPSA) is 121 Å². The third kappa shape index (κ3) is 5.28. The van der Waals surface area contributed by atoms with Crippen LogP contribution >= 0.6 is 0 Å². The number of alkyl carbamates (subject to hydrolysis) is 1. The number of fused-ring (bicyclic) bond motifs is 3. The summed E-state index contributed by atoms with van der Waals surface area (Å²) in [5.74, 6) is -3.06. The van der Waals surface area contributed by atoms with Crippen LogP contribution in [0.5, 0.6) is 6.01 Å². The van der Waals surface area contributed by atoms with Crippen molar-refractivity contribution in [1.82, 2.24) is 35.4 Å². The highest BCUT2D eigenvalue weighted by atomic mass is 19.3. The molecule has 3 fully saturated rings. The Morgan fingerprint density at radius 2 is 1.98 bits per heavy atom. The minimum atomic E-state index is -2.79. The molecule has 3 aliphatic heterocycles. The van der Waals surface area contributed by atoms with Crippen LogP contribution in [0, 0.1) is 12.7 Å². The van der Waals surface area contributed by atoms with Gasteiger partial charge in [0.25, 0.3) is 5.92 Å². The lowest BCUT2D eigenvalue weighted by atomic mass is 9.85. The van der Waals surface area contributed by atoms with Gasteiger partial charge in [0, 0.05) is 43.2 Å². The van der Waals surface area contributed by atoms with E-state index in [9.17, 15) is 13.6 Å². The van der Waals surface area contributed by atoms with E-state index < -0.39 is 28.9 Å². The number of nitrogens with zero attached hydrogens (tertiary/aromatic N) is 6. The molecule has 0 aliphatic carbocycles. The van der Waals surface area contributed by atoms with Crippen molar-refractivity contribution in [3.63, 3.8) is 0 Å². The number of carbonyl (C=O) groups excluding carboxylic acids is 1. The molecule has 1 unspecified atom stereocenters. The van der Waals surface area contributed by atoms with Crippen LogP contribution in [0.1, 0.15) is 45.1 Å². The van der Waals surface area contributed by atoms with E-state index in [0.717, 1.165) is 11.1 Å². The summed E-state index contributed by atoms with van der Waals surface area (Å²) in [6, 6.07) is 3.66. The molecule has 3 aromatic heterocycles. The van der Waals surface area contributed by atoms with Crippen LogP contribution in [0.4, 0.5) is 23.8 Å². The van der Waals surface area contributed by atoms with Crippen LogP contribution in [-0.4, -0.2) is 92.5 Å². The summed E-state index contributed by atoms with van der Waals surface area (Å²) in [4.78, 5) is 29.8. The van der Waals surface area contributed by atoms with Gasteiger partial charge in [-0.2, -0.15) is 15.1 Å². The fraction of sp³-hybridized carbons (Fsp3) is 0.516. The number of halogens is 3. The highest BCUT2D eigenvalue weighted by Crippen LogP contribution is 2.47. The maximum absolute atomic E-state index is 16.6. The fourth-order valence-corrected chi connectivity index (χ4v) is 7.11. The Kier molecular flexibility index (Phi) is 7.02. The number of aromatic amines is 1. The Hall–Kier alpha value is -4.20. The van der Waals surface area contributed by atoms with Gasteiger partial charge in [0.05, 0.1) is 41.3 Å². The van der Waals surface area contributed by atoms with E-state index in [1.54, 1.807) is 24.2 Å². The zero-order chi connectivity index (χ0) is 31.6. The van der Waals surface area contributed by atoms with Crippen LogP contribution < -0.4 is 15.0 Å². The Morgan fingerprint density at radius 1 is 1.13 bits per heavy atom. The zero-order valence-electron chi connectivity index (χ0n) is 25.4. The third-order valence-corrected chi connectivity index (χ3v) is 9.27. The molecule has 0 spiro atoms. The number of alkyl halides is 2. The SMILES string of the molecule is CCOC(=O)N[C@]1(C)CCCN(c2nc(OCC34CCN3CC(F)(F)C4)nc3c(F)c(-c4cc(C)cc5[nH]ncc45)ncc23)C1. The molecule has 4 aromatic rings. The average Bonchev–Trinajstić information content (AvgIpc) is 3.52. The Morgan fingerprint density at radius 3 is 2.73 bits per heavy atom. The number of hydrogen-bond donors (Lipinski definition) is 2. The number of piperidine rings is 1. The predicted octanol–water partition coefficient (Wildman–Crippen LogP) is 4.98. The standard InChI is InChI=1S/C31H35F3N8O3/c1-4-44-28(43)39-29(3)6-5-8-41(15-29)26-21-12-35-24(19-10-18(2)11-22-20(19)13-36-40-22)23(32)25(21)37-27(38-26)45-17-30-7-9-42(30)16-31(33,34)14-30/h10-13H,4-9,14-17H2,1-3H3,(H,36,40)(H,39,43)/t29-,30?/m1/s1. The van der Waals surface area contributed by atoms with Crippen molar-refractivity contribution in [2.75, 3.05) is 44.3 Å². The van der Waals surface area contributed by atoms with Crippen LogP contribution in [-0.2, 0) is 4.74 Å². The molecule has 3 saturated heterocycles. The zero-order valence-corrected chi connectivity index (χ0v) is 25.4. The lowest BCUT2D eigenvalue weighted by Gasteiger charge is -2.46. The van der Waals surface area contributed by atoms with Crippen LogP contribution in [0.25, 0.3) is 33.1 Å². The summed E-state index contributed by atoms with van der Waals surface area (Å²) in [5.41, 5.74) is 0.855. The van der Waals surface area contributed by atoms with Gasteiger partial charge in [-0.15, -0.1) is 0 Å². The summed E-state index contributed by atoms with van der Waals surface area (Å²) in [6.07, 6.45) is 4.35. The largest absolute Gasteiger partial charge is 0.461 e. The number of benzene rings is 1. The minimum Gasteiger partial charge on any atom is -0.461 e. The van der Waals surface area contributed by atoms with Crippen molar-refractivity contribution in [3.05, 3.63) is 35.9 Å². The van der Waals surface area contributed by atoms with Gasteiger partial charge < -0.3 is 19.7 Å². The summed E-state index contributed by atoms with van der Waals surface area (Å²) < 4.78 is 56.4. The number of nitrogens with one attached hydrogen (secondary N) is 2. The van der Waals surface area contributed by atoms with Crippen molar-refractivity contribution in [2.24, 2.45) is 0 Å². The maximum Gasteiger partial charge on any atom is 0.407 e. The van der Waals surface area contributed by atoms with E-state index in [2.05, 4.69) is 25.5 Å². The lowest BCUT2D eigenvalue weighted by Crippen LogP contribution is -2.59. The van der Waals surface area contributed by atoms with E-state index in [1.807, 2.05) is 30.9 Å². The van der Waals surface area contributed by atoms with Gasteiger partial charge in [-0.1, -0.05) is 0 Å². The first-order chi connectivity index (χ1) is 21.5. The number of hydrogen-bond acceptors (Lipinski definition) is 9. The van der Waals surface area contributed by atoms with E-state index in [1.165, 1.54) is 0 Å². The minimum absolute atomic E-state index is 0.00324. The van der Waals surface area contributed by atoms with Crippen molar-refractivity contribution in [3.8, 4) is 17.3 Å². The average molecular weight is 625 g/mol. The molecule has 238 valence electrons. The maximum atomic E-state index is 16.6. The van der Waals surface area contributed by atoms with Crippen molar-refractivity contribution in [1.29, 1.82) is 0 Å². The van der Waals surface area contributed by atoms with Crippen LogP contribution in [0.2, 0.25) is 0 Å². The number of anilines is 1. The Balaban J connectivity index is 1.30. The Bertz CT molecular complexity index is 1800. The normalized spacial score (nSPS) is 24.4. The molecule has 2 N–H and O–H groups in total. The molecule has 7 rings (SSSR count). The van der Waals surface area contributed by atoms with E-state index in [-0.39, 0.29) is 43.4 Å². The molecule has 0 bridgehead atoms. The molecule has 0 saturated carbocycles. The summed E-state index contributed by atoms with van der Waals surface area (Å²) in [6.45, 7) is 6.98. The number of pyridine rings is 1. The van der Waals surface area contributed by atoms with E-state index in [0.29, 0.717) is 61.1 Å². The third-order valence-electron chi connectivity index (χ3n) is 9.27. The monoisotopic (exact) mass is 624 g/mol. The van der Waals surface area contributed by atoms with Crippen molar-refractivity contribution < 1.29 is 27.4 Å². The first kappa shape index (κ1) is 29.5. The van der Waals surface area contributed by atoms with Gasteiger partial charge in [0.1, 0.15) is 23.6 Å². The van der Waals surface area contributed by atoms with E-state index in [4.69, 9.17) is 14.5 Å². The molecule has 1 aromatic carbocycles. The predicted molar refractivity (Wildman–Crippen MR) is 161 cm³/mol. The molecule has 11 nitrogen and oxygen atoms in total. The number of amides is 1. The summed E-state index contributed by atoms with van der Waals surface area (Å²) in [7, 11) is 0. The molecule has 14 heteroatoms.